The van der Waals surface area contributed by atoms with Gasteiger partial charge in [-0.25, -0.2) is 4.39 Å². The number of halogens is 2. The molecule has 82 valence electrons. The van der Waals surface area contributed by atoms with Crippen LogP contribution in [0.25, 0.3) is 0 Å². The van der Waals surface area contributed by atoms with Crippen LogP contribution in [-0.4, -0.2) is 19.1 Å². The molecule has 0 bridgehead atoms. The smallest absolute Gasteiger partial charge is 0.124 e. The van der Waals surface area contributed by atoms with Gasteiger partial charge in [-0.05, 0) is 30.7 Å². The van der Waals surface area contributed by atoms with Gasteiger partial charge in [-0.15, -0.1) is 0 Å². The minimum absolute atomic E-state index is 0.201. The highest BCUT2D eigenvalue weighted by Gasteiger charge is 2.13. The Hall–Kier alpha value is -0.450. The van der Waals surface area contributed by atoms with Crippen molar-refractivity contribution in [1.29, 1.82) is 0 Å². The molecule has 0 spiro atoms. The van der Waals surface area contributed by atoms with Crippen molar-refractivity contribution in [3.8, 4) is 0 Å². The quantitative estimate of drug-likeness (QED) is 0.880. The summed E-state index contributed by atoms with van der Waals surface area (Å²) in [6.07, 6.45) is 1.17. The van der Waals surface area contributed by atoms with Crippen molar-refractivity contribution in [2.75, 3.05) is 13.1 Å². The van der Waals surface area contributed by atoms with Gasteiger partial charge in [0.2, 0.25) is 0 Å². The van der Waals surface area contributed by atoms with Gasteiger partial charge in [0, 0.05) is 23.6 Å². The van der Waals surface area contributed by atoms with Crippen LogP contribution in [0.5, 0.6) is 0 Å². The Bertz CT molecular complexity index is 337. The Morgan fingerprint density at radius 3 is 3.07 bits per heavy atom. The highest BCUT2D eigenvalue weighted by atomic mass is 79.9. The van der Waals surface area contributed by atoms with E-state index in [-0.39, 0.29) is 5.82 Å². The van der Waals surface area contributed by atoms with E-state index >= 15 is 0 Å². The summed E-state index contributed by atoms with van der Waals surface area (Å²) in [5.41, 5.74) is 1.10. The third kappa shape index (κ3) is 3.00. The zero-order chi connectivity index (χ0) is 10.7. The van der Waals surface area contributed by atoms with Crippen LogP contribution in [0.15, 0.2) is 22.7 Å². The first kappa shape index (κ1) is 11.0. The van der Waals surface area contributed by atoms with Crippen LogP contribution < -0.4 is 10.6 Å². The Kier molecular flexibility index (Phi) is 3.72. The molecule has 15 heavy (non-hydrogen) atoms. The van der Waals surface area contributed by atoms with Crippen molar-refractivity contribution in [2.24, 2.45) is 0 Å². The maximum Gasteiger partial charge on any atom is 0.124 e. The lowest BCUT2D eigenvalue weighted by atomic mass is 10.2. The van der Waals surface area contributed by atoms with Gasteiger partial charge in [0.25, 0.3) is 0 Å². The van der Waals surface area contributed by atoms with E-state index in [4.69, 9.17) is 0 Å². The van der Waals surface area contributed by atoms with Crippen LogP contribution in [0.4, 0.5) is 4.39 Å². The Morgan fingerprint density at radius 1 is 1.53 bits per heavy atom. The molecular formula is C11H14BrFN2. The zero-order valence-corrected chi connectivity index (χ0v) is 9.98. The molecule has 1 heterocycles. The first-order valence-corrected chi connectivity index (χ1v) is 5.93. The molecule has 1 atom stereocenters. The number of hydrogen-bond donors (Lipinski definition) is 2. The largest absolute Gasteiger partial charge is 0.315 e. The second kappa shape index (κ2) is 5.05. The van der Waals surface area contributed by atoms with E-state index in [0.717, 1.165) is 29.7 Å². The maximum absolute atomic E-state index is 12.8. The van der Waals surface area contributed by atoms with Crippen molar-refractivity contribution in [2.45, 2.75) is 19.0 Å². The summed E-state index contributed by atoms with van der Waals surface area (Å²) < 4.78 is 13.7. The molecule has 2 rings (SSSR count). The fourth-order valence-electron chi connectivity index (χ4n) is 1.75. The van der Waals surface area contributed by atoms with Gasteiger partial charge in [-0.1, -0.05) is 22.0 Å². The normalized spacial score (nSPS) is 20.8. The van der Waals surface area contributed by atoms with E-state index in [1.165, 1.54) is 18.6 Å². The maximum atomic E-state index is 12.8. The summed E-state index contributed by atoms with van der Waals surface area (Å²) in [4.78, 5) is 0. The molecule has 0 amide bonds. The van der Waals surface area contributed by atoms with Gasteiger partial charge >= 0.3 is 0 Å². The van der Waals surface area contributed by atoms with E-state index in [2.05, 4.69) is 26.6 Å². The summed E-state index contributed by atoms with van der Waals surface area (Å²) in [7, 11) is 0. The Balaban J connectivity index is 1.92. The van der Waals surface area contributed by atoms with E-state index in [9.17, 15) is 4.39 Å². The van der Waals surface area contributed by atoms with Crippen molar-refractivity contribution >= 4 is 15.9 Å². The lowest BCUT2D eigenvalue weighted by Crippen LogP contribution is -2.30. The molecule has 1 aliphatic rings. The molecule has 4 heteroatoms. The monoisotopic (exact) mass is 272 g/mol. The highest BCUT2D eigenvalue weighted by molar-refractivity contribution is 9.10. The standard InChI is InChI=1S/C11H14BrFN2/c12-11-5-9(13)2-1-8(11)6-15-10-3-4-14-7-10/h1-2,5,10,14-15H,3-4,6-7H2. The molecule has 1 saturated heterocycles. The molecule has 0 aromatic heterocycles. The Labute approximate surface area is 97.4 Å². The van der Waals surface area contributed by atoms with Gasteiger partial charge in [-0.2, -0.15) is 0 Å². The average Bonchev–Trinajstić information content (AvgIpc) is 2.69. The minimum atomic E-state index is -0.201. The second-order valence-corrected chi connectivity index (χ2v) is 4.66. The van der Waals surface area contributed by atoms with Crippen LogP contribution in [0, 0.1) is 5.82 Å². The SMILES string of the molecule is Fc1ccc(CNC2CCNC2)c(Br)c1. The molecule has 1 aromatic carbocycles. The molecule has 0 saturated carbocycles. The fourth-order valence-corrected chi connectivity index (χ4v) is 2.24. The van der Waals surface area contributed by atoms with Gasteiger partial charge < -0.3 is 10.6 Å². The van der Waals surface area contributed by atoms with E-state index in [0.29, 0.717) is 6.04 Å². The minimum Gasteiger partial charge on any atom is -0.315 e. The third-order valence-corrected chi connectivity index (χ3v) is 3.39. The molecule has 1 aliphatic heterocycles. The number of nitrogens with one attached hydrogen (secondary N) is 2. The first-order chi connectivity index (χ1) is 7.25. The fraction of sp³-hybridized carbons (Fsp3) is 0.455. The molecule has 1 fully saturated rings. The molecule has 0 aliphatic carbocycles. The number of benzene rings is 1. The van der Waals surface area contributed by atoms with Gasteiger partial charge in [-0.3, -0.25) is 0 Å². The average molecular weight is 273 g/mol. The number of rotatable bonds is 3. The van der Waals surface area contributed by atoms with Crippen molar-refractivity contribution in [3.05, 3.63) is 34.1 Å². The number of hydrogen-bond acceptors (Lipinski definition) is 2. The van der Waals surface area contributed by atoms with Crippen LogP contribution in [0.2, 0.25) is 0 Å². The summed E-state index contributed by atoms with van der Waals surface area (Å²) in [6, 6.07) is 5.36. The topological polar surface area (TPSA) is 24.1 Å². The van der Waals surface area contributed by atoms with Gasteiger partial charge in [0.05, 0.1) is 0 Å². The van der Waals surface area contributed by atoms with Gasteiger partial charge in [0.15, 0.2) is 0 Å². The molecular weight excluding hydrogens is 259 g/mol. The second-order valence-electron chi connectivity index (χ2n) is 3.81. The lowest BCUT2D eigenvalue weighted by molar-refractivity contribution is 0.545. The molecule has 2 nitrogen and oxygen atoms in total. The zero-order valence-electron chi connectivity index (χ0n) is 8.39. The summed E-state index contributed by atoms with van der Waals surface area (Å²) >= 11 is 3.36. The first-order valence-electron chi connectivity index (χ1n) is 5.14. The van der Waals surface area contributed by atoms with Gasteiger partial charge in [0.1, 0.15) is 5.82 Å². The van der Waals surface area contributed by atoms with Crippen LogP contribution in [-0.2, 0) is 6.54 Å². The van der Waals surface area contributed by atoms with E-state index in [1.54, 1.807) is 0 Å². The highest BCUT2D eigenvalue weighted by Crippen LogP contribution is 2.18. The summed E-state index contributed by atoms with van der Waals surface area (Å²) in [6.45, 7) is 2.90. The predicted molar refractivity (Wildman–Crippen MR) is 62.2 cm³/mol. The van der Waals surface area contributed by atoms with Crippen molar-refractivity contribution in [3.63, 3.8) is 0 Å². The van der Waals surface area contributed by atoms with Crippen LogP contribution in [0.3, 0.4) is 0 Å². The summed E-state index contributed by atoms with van der Waals surface area (Å²) in [5, 5.41) is 6.74. The van der Waals surface area contributed by atoms with Crippen LogP contribution in [0.1, 0.15) is 12.0 Å². The molecule has 1 aromatic rings. The molecule has 2 N–H and O–H groups in total. The predicted octanol–water partition coefficient (Wildman–Crippen LogP) is 2.04. The van der Waals surface area contributed by atoms with E-state index in [1.807, 2.05) is 6.07 Å². The van der Waals surface area contributed by atoms with E-state index < -0.39 is 0 Å². The molecule has 1 unspecified atom stereocenters. The summed E-state index contributed by atoms with van der Waals surface area (Å²) in [5.74, 6) is -0.201. The van der Waals surface area contributed by atoms with Crippen LogP contribution >= 0.6 is 15.9 Å². The van der Waals surface area contributed by atoms with Crippen molar-refractivity contribution < 1.29 is 4.39 Å². The molecule has 0 radical (unpaired) electrons. The third-order valence-electron chi connectivity index (χ3n) is 2.66. The lowest BCUT2D eigenvalue weighted by Gasteiger charge is -2.12. The van der Waals surface area contributed by atoms with Crippen molar-refractivity contribution in [1.82, 2.24) is 10.6 Å². The Morgan fingerprint density at radius 2 is 2.40 bits per heavy atom.